The van der Waals surface area contributed by atoms with Crippen LogP contribution in [0, 0.1) is 0 Å². The summed E-state index contributed by atoms with van der Waals surface area (Å²) in [5.74, 6) is -0.0315. The van der Waals surface area contributed by atoms with Gasteiger partial charge < -0.3 is 15.4 Å². The standard InChI is InChI=1S/C14H28N2O2/c1-6-11-12(8-7-10(2)15-11)18-9-13(17)16-14(3,4)5/h10-12,15H,6-9H2,1-5H3,(H,16,17). The van der Waals surface area contributed by atoms with Crippen molar-refractivity contribution in [3.63, 3.8) is 0 Å². The van der Waals surface area contributed by atoms with E-state index in [1.165, 1.54) is 0 Å². The normalized spacial score (nSPS) is 29.1. The Hall–Kier alpha value is -0.610. The third-order valence-electron chi connectivity index (χ3n) is 3.21. The first-order valence-electron chi connectivity index (χ1n) is 7.00. The van der Waals surface area contributed by atoms with Gasteiger partial charge in [0, 0.05) is 17.6 Å². The van der Waals surface area contributed by atoms with Gasteiger partial charge in [-0.3, -0.25) is 4.79 Å². The molecule has 1 amide bonds. The Morgan fingerprint density at radius 2 is 2.06 bits per heavy atom. The van der Waals surface area contributed by atoms with Crippen LogP contribution in [-0.2, 0) is 9.53 Å². The summed E-state index contributed by atoms with van der Waals surface area (Å²) in [6.07, 6.45) is 3.35. The van der Waals surface area contributed by atoms with Gasteiger partial charge in [0.25, 0.3) is 0 Å². The topological polar surface area (TPSA) is 50.4 Å². The average molecular weight is 256 g/mol. The smallest absolute Gasteiger partial charge is 0.246 e. The molecule has 4 heteroatoms. The minimum Gasteiger partial charge on any atom is -0.367 e. The molecule has 0 bridgehead atoms. The summed E-state index contributed by atoms with van der Waals surface area (Å²) < 4.78 is 5.77. The van der Waals surface area contributed by atoms with Gasteiger partial charge in [-0.1, -0.05) is 6.92 Å². The molecule has 1 saturated heterocycles. The van der Waals surface area contributed by atoms with E-state index in [2.05, 4.69) is 24.5 Å². The van der Waals surface area contributed by atoms with Crippen LogP contribution in [0.5, 0.6) is 0 Å². The molecule has 0 aliphatic carbocycles. The van der Waals surface area contributed by atoms with E-state index in [4.69, 9.17) is 4.74 Å². The summed E-state index contributed by atoms with van der Waals surface area (Å²) in [5, 5.41) is 6.45. The van der Waals surface area contributed by atoms with Crippen molar-refractivity contribution in [1.29, 1.82) is 0 Å². The molecule has 0 aromatic rings. The Morgan fingerprint density at radius 1 is 1.39 bits per heavy atom. The molecular weight excluding hydrogens is 228 g/mol. The van der Waals surface area contributed by atoms with Crippen LogP contribution in [0.3, 0.4) is 0 Å². The number of hydrogen-bond acceptors (Lipinski definition) is 3. The number of nitrogens with one attached hydrogen (secondary N) is 2. The second kappa shape index (κ2) is 6.53. The van der Waals surface area contributed by atoms with Crippen LogP contribution in [0.25, 0.3) is 0 Å². The van der Waals surface area contributed by atoms with Crippen molar-refractivity contribution >= 4 is 5.91 Å². The first-order valence-corrected chi connectivity index (χ1v) is 7.00. The first kappa shape index (κ1) is 15.4. The number of ether oxygens (including phenoxy) is 1. The molecule has 1 fully saturated rings. The molecule has 0 radical (unpaired) electrons. The van der Waals surface area contributed by atoms with E-state index in [-0.39, 0.29) is 24.2 Å². The monoisotopic (exact) mass is 256 g/mol. The summed E-state index contributed by atoms with van der Waals surface area (Å²) in [7, 11) is 0. The fourth-order valence-electron chi connectivity index (χ4n) is 2.39. The molecule has 0 aromatic carbocycles. The maximum Gasteiger partial charge on any atom is 0.246 e. The molecule has 3 atom stereocenters. The minimum absolute atomic E-state index is 0.0315. The summed E-state index contributed by atoms with van der Waals surface area (Å²) >= 11 is 0. The van der Waals surface area contributed by atoms with Crippen molar-refractivity contribution in [2.45, 2.75) is 77.6 Å². The number of hydrogen-bond donors (Lipinski definition) is 2. The van der Waals surface area contributed by atoms with Crippen molar-refractivity contribution in [3.8, 4) is 0 Å². The SMILES string of the molecule is CCC1NC(C)CCC1OCC(=O)NC(C)(C)C. The number of piperidine rings is 1. The average Bonchev–Trinajstić information content (AvgIpc) is 2.24. The molecule has 1 aliphatic heterocycles. The summed E-state index contributed by atoms with van der Waals surface area (Å²) in [5.41, 5.74) is -0.191. The van der Waals surface area contributed by atoms with E-state index in [1.807, 2.05) is 20.8 Å². The van der Waals surface area contributed by atoms with E-state index in [0.717, 1.165) is 19.3 Å². The lowest BCUT2D eigenvalue weighted by atomic mass is 9.95. The van der Waals surface area contributed by atoms with Crippen molar-refractivity contribution in [1.82, 2.24) is 10.6 Å². The van der Waals surface area contributed by atoms with E-state index in [9.17, 15) is 4.79 Å². The second-order valence-corrected chi connectivity index (χ2v) is 6.31. The highest BCUT2D eigenvalue weighted by molar-refractivity contribution is 5.77. The molecule has 0 spiro atoms. The zero-order chi connectivity index (χ0) is 13.8. The molecule has 0 aromatic heterocycles. The summed E-state index contributed by atoms with van der Waals surface area (Å²) in [6.45, 7) is 10.4. The molecule has 1 rings (SSSR count). The van der Waals surface area contributed by atoms with Gasteiger partial charge in [0.2, 0.25) is 5.91 Å². The van der Waals surface area contributed by atoms with Crippen molar-refractivity contribution in [3.05, 3.63) is 0 Å². The molecule has 106 valence electrons. The second-order valence-electron chi connectivity index (χ2n) is 6.31. The van der Waals surface area contributed by atoms with Gasteiger partial charge in [-0.15, -0.1) is 0 Å². The Labute approximate surface area is 111 Å². The molecule has 1 aliphatic rings. The lowest BCUT2D eigenvalue weighted by Gasteiger charge is -2.35. The maximum atomic E-state index is 11.7. The van der Waals surface area contributed by atoms with Crippen LogP contribution in [0.2, 0.25) is 0 Å². The van der Waals surface area contributed by atoms with Gasteiger partial charge in [-0.05, 0) is 47.0 Å². The zero-order valence-corrected chi connectivity index (χ0v) is 12.4. The van der Waals surface area contributed by atoms with Crippen LogP contribution in [-0.4, -0.2) is 36.2 Å². The van der Waals surface area contributed by atoms with E-state index < -0.39 is 0 Å². The first-order chi connectivity index (χ1) is 8.31. The quantitative estimate of drug-likeness (QED) is 0.807. The molecule has 4 nitrogen and oxygen atoms in total. The fourth-order valence-corrected chi connectivity index (χ4v) is 2.39. The van der Waals surface area contributed by atoms with Crippen molar-refractivity contribution in [2.75, 3.05) is 6.61 Å². The van der Waals surface area contributed by atoms with Gasteiger partial charge in [-0.2, -0.15) is 0 Å². The molecule has 1 heterocycles. The highest BCUT2D eigenvalue weighted by Gasteiger charge is 2.28. The molecule has 18 heavy (non-hydrogen) atoms. The molecule has 3 unspecified atom stereocenters. The number of amides is 1. The summed E-state index contributed by atoms with van der Waals surface area (Å²) in [6, 6.07) is 0.925. The van der Waals surface area contributed by atoms with E-state index in [0.29, 0.717) is 12.1 Å². The number of rotatable bonds is 4. The highest BCUT2D eigenvalue weighted by atomic mass is 16.5. The Bertz CT molecular complexity index is 273. The summed E-state index contributed by atoms with van der Waals surface area (Å²) in [4.78, 5) is 11.7. The fraction of sp³-hybridized carbons (Fsp3) is 0.929. The van der Waals surface area contributed by atoms with Gasteiger partial charge in [0.15, 0.2) is 0 Å². The number of carbonyl (C=O) groups excluding carboxylic acids is 1. The van der Waals surface area contributed by atoms with E-state index in [1.54, 1.807) is 0 Å². The van der Waals surface area contributed by atoms with Gasteiger partial charge in [-0.25, -0.2) is 0 Å². The predicted molar refractivity (Wildman–Crippen MR) is 73.5 cm³/mol. The zero-order valence-electron chi connectivity index (χ0n) is 12.4. The third-order valence-corrected chi connectivity index (χ3v) is 3.21. The van der Waals surface area contributed by atoms with Crippen LogP contribution in [0.15, 0.2) is 0 Å². The van der Waals surface area contributed by atoms with Crippen LogP contribution >= 0.6 is 0 Å². The van der Waals surface area contributed by atoms with Crippen LogP contribution < -0.4 is 10.6 Å². The Kier molecular flexibility index (Phi) is 5.60. The van der Waals surface area contributed by atoms with Gasteiger partial charge in [0.05, 0.1) is 6.10 Å². The third kappa shape index (κ3) is 5.36. The Balaban J connectivity index is 2.35. The lowest BCUT2D eigenvalue weighted by Crippen LogP contribution is -2.51. The van der Waals surface area contributed by atoms with Crippen LogP contribution in [0.1, 0.15) is 53.9 Å². The largest absolute Gasteiger partial charge is 0.367 e. The lowest BCUT2D eigenvalue weighted by molar-refractivity contribution is -0.130. The highest BCUT2D eigenvalue weighted by Crippen LogP contribution is 2.18. The van der Waals surface area contributed by atoms with Gasteiger partial charge in [0.1, 0.15) is 6.61 Å². The Morgan fingerprint density at radius 3 is 2.61 bits per heavy atom. The molecular formula is C14H28N2O2. The van der Waals surface area contributed by atoms with Crippen LogP contribution in [0.4, 0.5) is 0 Å². The predicted octanol–water partition coefficient (Wildman–Crippen LogP) is 1.84. The molecule has 2 N–H and O–H groups in total. The van der Waals surface area contributed by atoms with Crippen molar-refractivity contribution < 1.29 is 9.53 Å². The molecule has 0 saturated carbocycles. The maximum absolute atomic E-state index is 11.7. The minimum atomic E-state index is -0.191. The van der Waals surface area contributed by atoms with Crippen molar-refractivity contribution in [2.24, 2.45) is 0 Å². The number of carbonyl (C=O) groups is 1. The van der Waals surface area contributed by atoms with E-state index >= 15 is 0 Å². The van der Waals surface area contributed by atoms with Gasteiger partial charge >= 0.3 is 0 Å².